The normalized spacial score (nSPS) is 19.3. The van der Waals surface area contributed by atoms with E-state index in [0.717, 1.165) is 30.2 Å². The van der Waals surface area contributed by atoms with E-state index in [0.29, 0.717) is 17.5 Å². The molecule has 1 fully saturated rings. The second kappa shape index (κ2) is 8.92. The van der Waals surface area contributed by atoms with Gasteiger partial charge in [-0.15, -0.1) is 0 Å². The van der Waals surface area contributed by atoms with Crippen LogP contribution in [-0.2, 0) is 21.2 Å². The highest BCUT2D eigenvalue weighted by atomic mass is 35.5. The summed E-state index contributed by atoms with van der Waals surface area (Å²) in [6.07, 6.45) is 4.69. The van der Waals surface area contributed by atoms with Gasteiger partial charge in [0, 0.05) is 25.0 Å². The molecule has 0 unspecified atom stereocenters. The fourth-order valence-electron chi connectivity index (χ4n) is 3.29. The maximum atomic E-state index is 13.3. The monoisotopic (exact) mass is 463 g/mol. The number of sulfone groups is 1. The summed E-state index contributed by atoms with van der Waals surface area (Å²) in [4.78, 5) is 27.8. The number of carbonyl (C=O) groups is 1. The van der Waals surface area contributed by atoms with Gasteiger partial charge in [0.05, 0.1) is 0 Å². The molecule has 3 rings (SSSR count). The average molecular weight is 464 g/mol. The number of hydrogen-bond donors (Lipinski definition) is 1. The third-order valence-corrected chi connectivity index (χ3v) is 6.22. The number of amidine groups is 2. The molecule has 166 valence electrons. The Morgan fingerprint density at radius 3 is 2.55 bits per heavy atom. The summed E-state index contributed by atoms with van der Waals surface area (Å²) in [5.74, 6) is 0.717. The number of pyridine rings is 1. The average Bonchev–Trinajstić information content (AvgIpc) is 3.51. The molecular weight excluding hydrogens is 438 g/mol. The van der Waals surface area contributed by atoms with E-state index in [1.807, 2.05) is 20.8 Å². The van der Waals surface area contributed by atoms with Crippen molar-refractivity contribution in [2.45, 2.75) is 51.2 Å². The van der Waals surface area contributed by atoms with Crippen LogP contribution in [0, 0.1) is 5.92 Å². The van der Waals surface area contributed by atoms with Crippen molar-refractivity contribution in [3.05, 3.63) is 46.9 Å². The predicted octanol–water partition coefficient (Wildman–Crippen LogP) is 3.02. The molecule has 0 aromatic carbocycles. The van der Waals surface area contributed by atoms with E-state index >= 15 is 0 Å². The number of carbonyl (C=O) groups excluding carboxylic acids is 1. The summed E-state index contributed by atoms with van der Waals surface area (Å²) in [5, 5.41) is 3.16. The van der Waals surface area contributed by atoms with Crippen molar-refractivity contribution in [3.63, 3.8) is 0 Å². The van der Waals surface area contributed by atoms with Crippen LogP contribution in [0.25, 0.3) is 0 Å². The summed E-state index contributed by atoms with van der Waals surface area (Å²) in [5.41, 5.74) is 2.18. The molecule has 1 aromatic heterocycles. The number of aliphatic imine (C=N–C) groups is 2. The van der Waals surface area contributed by atoms with Gasteiger partial charge < -0.3 is 5.32 Å². The molecule has 1 aromatic rings. The second-order valence-corrected chi connectivity index (χ2v) is 10.4. The first-order valence-corrected chi connectivity index (χ1v) is 12.2. The molecular formula is C21H26ClN5O3S. The fraction of sp³-hybridized carbons (Fsp3) is 0.429. The van der Waals surface area contributed by atoms with Crippen LogP contribution < -0.4 is 5.32 Å². The topological polar surface area (TPSA) is 104 Å². The van der Waals surface area contributed by atoms with Crippen molar-refractivity contribution in [2.24, 2.45) is 15.9 Å². The highest BCUT2D eigenvalue weighted by Gasteiger charge is 2.41. The molecule has 0 spiro atoms. The quantitative estimate of drug-likeness (QED) is 0.653. The van der Waals surface area contributed by atoms with Crippen LogP contribution in [-0.4, -0.2) is 48.2 Å². The van der Waals surface area contributed by atoms with Crippen LogP contribution in [0.1, 0.15) is 39.2 Å². The van der Waals surface area contributed by atoms with Gasteiger partial charge in [-0.1, -0.05) is 24.2 Å². The van der Waals surface area contributed by atoms with Crippen molar-refractivity contribution in [1.82, 2.24) is 15.2 Å². The lowest BCUT2D eigenvalue weighted by Crippen LogP contribution is -2.54. The molecule has 1 saturated carbocycles. The maximum Gasteiger partial charge on any atom is 0.295 e. The molecule has 0 saturated heterocycles. The van der Waals surface area contributed by atoms with Crippen LogP contribution in [0.15, 0.2) is 56.3 Å². The summed E-state index contributed by atoms with van der Waals surface area (Å²) < 4.78 is 23.2. The first-order valence-electron chi connectivity index (χ1n) is 9.91. The molecule has 1 aliphatic carbocycles. The third-order valence-electron chi connectivity index (χ3n) is 5.13. The Hall–Kier alpha value is -2.52. The van der Waals surface area contributed by atoms with E-state index in [-0.39, 0.29) is 34.5 Å². The standard InChI is InChI=1S/C21H26ClN5O3S/c1-12(2)18-20(25-14(4)22)27(13(3)16-7-8-16)21(28)19(26-18)24-11-15-6-9-17(23-10-15)31(5,29)30/h6,9-10,13,16H,4,7-8,11H2,1-3,5H3,(H,24,26)/b25-20+/t13-/m0/s1. The van der Waals surface area contributed by atoms with Gasteiger partial charge in [0.25, 0.3) is 5.91 Å². The largest absolute Gasteiger partial charge is 0.361 e. The minimum absolute atomic E-state index is 0.000696. The summed E-state index contributed by atoms with van der Waals surface area (Å²) in [6.45, 7) is 9.70. The number of rotatable bonds is 6. The first kappa shape index (κ1) is 23.1. The lowest BCUT2D eigenvalue weighted by atomic mass is 10.1. The van der Waals surface area contributed by atoms with E-state index in [1.165, 1.54) is 12.3 Å². The number of aromatic nitrogens is 1. The number of hydrogen-bond acceptors (Lipinski definition) is 7. The first-order chi connectivity index (χ1) is 14.5. The molecule has 1 aliphatic heterocycles. The zero-order valence-corrected chi connectivity index (χ0v) is 19.6. The van der Waals surface area contributed by atoms with Gasteiger partial charge in [-0.2, -0.15) is 0 Å². The van der Waals surface area contributed by atoms with Gasteiger partial charge in [-0.3, -0.25) is 9.69 Å². The van der Waals surface area contributed by atoms with E-state index in [9.17, 15) is 13.2 Å². The molecule has 10 heteroatoms. The molecule has 8 nitrogen and oxygen atoms in total. The maximum absolute atomic E-state index is 13.3. The van der Waals surface area contributed by atoms with Crippen LogP contribution in [0.5, 0.6) is 0 Å². The number of halogens is 1. The van der Waals surface area contributed by atoms with Crippen molar-refractivity contribution in [3.8, 4) is 0 Å². The minimum Gasteiger partial charge on any atom is -0.361 e. The summed E-state index contributed by atoms with van der Waals surface area (Å²) in [7, 11) is -3.37. The third kappa shape index (κ3) is 5.40. The Balaban J connectivity index is 1.91. The highest BCUT2D eigenvalue weighted by Crippen LogP contribution is 2.37. The predicted molar refractivity (Wildman–Crippen MR) is 121 cm³/mol. The number of nitrogens with one attached hydrogen (secondary N) is 1. The van der Waals surface area contributed by atoms with Gasteiger partial charge in [-0.05, 0) is 56.7 Å². The van der Waals surface area contributed by atoms with Crippen LogP contribution >= 0.6 is 11.6 Å². The number of allylic oxidation sites excluding steroid dienone is 1. The molecule has 1 N–H and O–H groups in total. The molecule has 2 aliphatic rings. The van der Waals surface area contributed by atoms with Crippen molar-refractivity contribution < 1.29 is 13.2 Å². The molecule has 0 radical (unpaired) electrons. The number of nitrogens with zero attached hydrogens (tertiary/aromatic N) is 4. The summed E-state index contributed by atoms with van der Waals surface area (Å²) in [6, 6.07) is 3.04. The lowest BCUT2D eigenvalue weighted by molar-refractivity contribution is -0.122. The van der Waals surface area contributed by atoms with Gasteiger partial charge in [0.15, 0.2) is 26.5 Å². The smallest absolute Gasteiger partial charge is 0.295 e. The SMILES string of the molecule is C=C(Cl)/N=C1\C(=C(C)C)N=C(NCc2ccc(S(C)(=O)=O)nc2)C(=O)N1[C@@H](C)C1CC1. The van der Waals surface area contributed by atoms with Gasteiger partial charge in [-0.25, -0.2) is 23.4 Å². The van der Waals surface area contributed by atoms with Crippen LogP contribution in [0.2, 0.25) is 0 Å². The van der Waals surface area contributed by atoms with E-state index in [4.69, 9.17) is 11.6 Å². The summed E-state index contributed by atoms with van der Waals surface area (Å²) >= 11 is 5.96. The van der Waals surface area contributed by atoms with Crippen LogP contribution in [0.3, 0.4) is 0 Å². The van der Waals surface area contributed by atoms with Crippen molar-refractivity contribution in [1.29, 1.82) is 0 Å². The van der Waals surface area contributed by atoms with Gasteiger partial charge in [0.2, 0.25) is 0 Å². The zero-order valence-electron chi connectivity index (χ0n) is 18.0. The Bertz CT molecular complexity index is 1100. The van der Waals surface area contributed by atoms with Crippen molar-refractivity contribution in [2.75, 3.05) is 6.26 Å². The molecule has 1 amide bonds. The zero-order chi connectivity index (χ0) is 22.9. The molecule has 0 bridgehead atoms. The Kier molecular flexibility index (Phi) is 6.66. The second-order valence-electron chi connectivity index (χ2n) is 8.00. The molecule has 2 heterocycles. The van der Waals surface area contributed by atoms with Gasteiger partial charge >= 0.3 is 0 Å². The Morgan fingerprint density at radius 2 is 2.06 bits per heavy atom. The number of amides is 1. The van der Waals surface area contributed by atoms with Gasteiger partial charge in [0.1, 0.15) is 10.9 Å². The Morgan fingerprint density at radius 1 is 1.39 bits per heavy atom. The van der Waals surface area contributed by atoms with Crippen LogP contribution in [0.4, 0.5) is 0 Å². The highest BCUT2D eigenvalue weighted by molar-refractivity contribution is 7.90. The lowest BCUT2D eigenvalue weighted by Gasteiger charge is -2.34. The molecule has 1 atom stereocenters. The molecule has 31 heavy (non-hydrogen) atoms. The minimum atomic E-state index is -3.37. The Labute approximate surface area is 187 Å². The van der Waals surface area contributed by atoms with E-state index < -0.39 is 9.84 Å². The van der Waals surface area contributed by atoms with E-state index in [2.05, 4.69) is 26.9 Å². The fourth-order valence-corrected chi connectivity index (χ4v) is 3.93. The van der Waals surface area contributed by atoms with E-state index in [1.54, 1.807) is 11.0 Å². The van der Waals surface area contributed by atoms with Crippen molar-refractivity contribution >= 4 is 39.0 Å².